The first-order valence-corrected chi connectivity index (χ1v) is 11.6. The molecule has 1 aliphatic heterocycles. The number of aliphatic carboxylic acids is 1. The number of aliphatic hydroxyl groups excluding tert-OH is 3. The molecule has 0 bridgehead atoms. The predicted molar refractivity (Wildman–Crippen MR) is 117 cm³/mol. The van der Waals surface area contributed by atoms with Crippen LogP contribution in [0.15, 0.2) is 0 Å². The zero-order valence-corrected chi connectivity index (χ0v) is 19.7. The van der Waals surface area contributed by atoms with Gasteiger partial charge in [0.15, 0.2) is 11.4 Å². The van der Waals surface area contributed by atoms with E-state index in [1.54, 1.807) is 6.92 Å². The van der Waals surface area contributed by atoms with E-state index in [9.17, 15) is 35.1 Å². The third-order valence-electron chi connectivity index (χ3n) is 7.02. The average Bonchev–Trinajstić information content (AvgIpc) is 2.98. The van der Waals surface area contributed by atoms with Crippen molar-refractivity contribution in [3.63, 3.8) is 0 Å². The molecule has 0 aromatic rings. The lowest BCUT2D eigenvalue weighted by molar-refractivity contribution is -0.305. The fraction of sp³-hybridized carbons (Fsp3) is 0.913. The highest BCUT2D eigenvalue weighted by molar-refractivity contribution is 5.86. The van der Waals surface area contributed by atoms with Gasteiger partial charge in [0.05, 0.1) is 24.9 Å². The lowest BCUT2D eigenvalue weighted by Crippen LogP contribution is -2.67. The first-order valence-electron chi connectivity index (χ1n) is 11.6. The van der Waals surface area contributed by atoms with Gasteiger partial charge in [0.25, 0.3) is 0 Å². The standard InChI is InChI=1S/C23H42O9/c1-14(24)12-18(15(2)19(26)10-8-6-5-7-9-11-21(28)29)22(30,17(4)25)23(31)16(3)20(27)13-32-23/h14-16,18-20,24,26-27,30-31H,5-13H2,1-4H3,(H,28,29). The fourth-order valence-corrected chi connectivity index (χ4v) is 4.81. The molecule has 188 valence electrons. The van der Waals surface area contributed by atoms with Gasteiger partial charge in [-0.1, -0.05) is 39.5 Å². The second-order valence-corrected chi connectivity index (χ2v) is 9.50. The van der Waals surface area contributed by atoms with Crippen molar-refractivity contribution in [3.8, 4) is 0 Å². The molecule has 0 spiro atoms. The first-order chi connectivity index (χ1) is 14.8. The third-order valence-corrected chi connectivity index (χ3v) is 7.02. The number of unbranched alkanes of at least 4 members (excludes halogenated alkanes) is 4. The maximum atomic E-state index is 12.7. The lowest BCUT2D eigenvalue weighted by Gasteiger charge is -2.48. The molecule has 32 heavy (non-hydrogen) atoms. The van der Waals surface area contributed by atoms with Gasteiger partial charge in [0.2, 0.25) is 5.79 Å². The molecule has 1 rings (SSSR count). The summed E-state index contributed by atoms with van der Waals surface area (Å²) < 4.78 is 5.37. The fourth-order valence-electron chi connectivity index (χ4n) is 4.81. The van der Waals surface area contributed by atoms with Crippen molar-refractivity contribution in [1.82, 2.24) is 0 Å². The van der Waals surface area contributed by atoms with Crippen molar-refractivity contribution in [2.24, 2.45) is 17.8 Å². The van der Waals surface area contributed by atoms with E-state index in [0.29, 0.717) is 19.3 Å². The van der Waals surface area contributed by atoms with Crippen LogP contribution in [-0.2, 0) is 14.3 Å². The summed E-state index contributed by atoms with van der Waals surface area (Å²) in [5.41, 5.74) is -2.43. The van der Waals surface area contributed by atoms with Crippen molar-refractivity contribution >= 4 is 11.8 Å². The van der Waals surface area contributed by atoms with E-state index in [4.69, 9.17) is 9.84 Å². The van der Waals surface area contributed by atoms with Gasteiger partial charge < -0.3 is 35.4 Å². The maximum Gasteiger partial charge on any atom is 0.303 e. The Labute approximate surface area is 190 Å². The molecule has 1 saturated heterocycles. The first kappa shape index (κ1) is 28.9. The quantitative estimate of drug-likeness (QED) is 0.196. The molecule has 0 amide bonds. The van der Waals surface area contributed by atoms with Gasteiger partial charge in [-0.2, -0.15) is 0 Å². The van der Waals surface area contributed by atoms with E-state index in [1.165, 1.54) is 13.8 Å². The van der Waals surface area contributed by atoms with Gasteiger partial charge in [-0.15, -0.1) is 0 Å². The van der Waals surface area contributed by atoms with Crippen LogP contribution >= 0.6 is 0 Å². The molecule has 6 N–H and O–H groups in total. The Morgan fingerprint density at radius 2 is 1.69 bits per heavy atom. The maximum absolute atomic E-state index is 12.7. The topological polar surface area (TPSA) is 165 Å². The zero-order chi connectivity index (χ0) is 24.7. The highest BCUT2D eigenvalue weighted by atomic mass is 16.7. The van der Waals surface area contributed by atoms with Crippen LogP contribution in [0, 0.1) is 17.8 Å². The molecule has 8 atom stereocenters. The number of carboxylic acid groups (broad SMARTS) is 1. The molecule has 1 aliphatic rings. The van der Waals surface area contributed by atoms with Crippen LogP contribution in [0.3, 0.4) is 0 Å². The normalized spacial score (nSPS) is 29.2. The molecule has 0 radical (unpaired) electrons. The zero-order valence-electron chi connectivity index (χ0n) is 19.7. The number of rotatable bonds is 15. The highest BCUT2D eigenvalue weighted by Crippen LogP contribution is 2.47. The minimum Gasteiger partial charge on any atom is -0.481 e. The summed E-state index contributed by atoms with van der Waals surface area (Å²) in [6, 6.07) is 0. The Kier molecular flexibility index (Phi) is 11.2. The molecule has 9 nitrogen and oxygen atoms in total. The third kappa shape index (κ3) is 6.71. The Morgan fingerprint density at radius 1 is 1.12 bits per heavy atom. The van der Waals surface area contributed by atoms with Gasteiger partial charge in [0.1, 0.15) is 0 Å². The summed E-state index contributed by atoms with van der Waals surface area (Å²) in [5, 5.41) is 62.4. The van der Waals surface area contributed by atoms with Crippen molar-refractivity contribution in [2.75, 3.05) is 6.61 Å². The molecule has 1 fully saturated rings. The molecular weight excluding hydrogens is 420 g/mol. The van der Waals surface area contributed by atoms with E-state index in [0.717, 1.165) is 26.2 Å². The van der Waals surface area contributed by atoms with Gasteiger partial charge >= 0.3 is 5.97 Å². The number of hydrogen-bond donors (Lipinski definition) is 6. The number of aliphatic hydroxyl groups is 5. The van der Waals surface area contributed by atoms with Crippen LogP contribution in [0.25, 0.3) is 0 Å². The number of ether oxygens (including phenoxy) is 1. The number of hydrogen-bond acceptors (Lipinski definition) is 8. The molecule has 0 aliphatic carbocycles. The summed E-state index contributed by atoms with van der Waals surface area (Å²) in [5.74, 6) is -6.57. The van der Waals surface area contributed by atoms with Gasteiger partial charge in [-0.25, -0.2) is 0 Å². The van der Waals surface area contributed by atoms with Gasteiger partial charge in [0, 0.05) is 18.3 Å². The SMILES string of the molecule is CC(=O)C(O)(C(CC(C)O)C(C)C(O)CCCCCCCC(=O)O)C1(O)OCC(O)C1C. The van der Waals surface area contributed by atoms with Crippen molar-refractivity contribution in [3.05, 3.63) is 0 Å². The number of carbonyl (C=O) groups is 2. The minimum absolute atomic E-state index is 0.0576. The molecule has 1 heterocycles. The van der Waals surface area contributed by atoms with Crippen LogP contribution in [0.4, 0.5) is 0 Å². The molecule has 9 heteroatoms. The summed E-state index contributed by atoms with van der Waals surface area (Å²) in [7, 11) is 0. The Morgan fingerprint density at radius 3 is 2.16 bits per heavy atom. The van der Waals surface area contributed by atoms with Crippen molar-refractivity contribution in [2.45, 2.75) is 109 Å². The van der Waals surface area contributed by atoms with Gasteiger partial charge in [-0.05, 0) is 39.0 Å². The second-order valence-electron chi connectivity index (χ2n) is 9.50. The van der Waals surface area contributed by atoms with Crippen LogP contribution in [0.2, 0.25) is 0 Å². The lowest BCUT2D eigenvalue weighted by atomic mass is 9.65. The molecular formula is C23H42O9. The minimum atomic E-state index is -2.43. The Balaban J connectivity index is 2.92. The summed E-state index contributed by atoms with van der Waals surface area (Å²) in [6.07, 6.45) is 1.30. The Bertz CT molecular complexity index is 610. The van der Waals surface area contributed by atoms with Crippen LogP contribution in [0.1, 0.15) is 79.1 Å². The van der Waals surface area contributed by atoms with E-state index < -0.39 is 59.2 Å². The van der Waals surface area contributed by atoms with Crippen molar-refractivity contribution < 1.29 is 45.0 Å². The number of Topliss-reactive ketones (excluding diaryl/α,β-unsaturated/α-hetero) is 1. The Hall–Kier alpha value is -1.10. The van der Waals surface area contributed by atoms with Crippen LogP contribution in [-0.4, -0.2) is 78.7 Å². The summed E-state index contributed by atoms with van der Waals surface area (Å²) in [4.78, 5) is 23.2. The smallest absolute Gasteiger partial charge is 0.303 e. The number of ketones is 1. The van der Waals surface area contributed by atoms with Crippen LogP contribution in [0.5, 0.6) is 0 Å². The predicted octanol–water partition coefficient (Wildman–Crippen LogP) is 1.22. The number of carboxylic acids is 1. The van der Waals surface area contributed by atoms with E-state index in [1.807, 2.05) is 0 Å². The largest absolute Gasteiger partial charge is 0.481 e. The average molecular weight is 463 g/mol. The highest BCUT2D eigenvalue weighted by Gasteiger charge is 2.66. The van der Waals surface area contributed by atoms with E-state index >= 15 is 0 Å². The summed E-state index contributed by atoms with van der Waals surface area (Å²) >= 11 is 0. The molecule has 8 unspecified atom stereocenters. The monoisotopic (exact) mass is 462 g/mol. The second kappa shape index (κ2) is 12.4. The molecule has 0 aromatic heterocycles. The number of carbonyl (C=O) groups excluding carboxylic acids is 1. The van der Waals surface area contributed by atoms with E-state index in [-0.39, 0.29) is 19.4 Å². The molecule has 0 saturated carbocycles. The van der Waals surface area contributed by atoms with E-state index in [2.05, 4.69) is 0 Å². The van der Waals surface area contributed by atoms with Crippen LogP contribution < -0.4 is 0 Å². The van der Waals surface area contributed by atoms with Gasteiger partial charge in [-0.3, -0.25) is 9.59 Å². The summed E-state index contributed by atoms with van der Waals surface area (Å²) in [6.45, 7) is 5.54. The molecule has 0 aromatic carbocycles. The van der Waals surface area contributed by atoms with Crippen molar-refractivity contribution in [1.29, 1.82) is 0 Å².